The van der Waals surface area contributed by atoms with E-state index in [4.69, 9.17) is 9.84 Å². The van der Waals surface area contributed by atoms with Crippen LogP contribution >= 0.6 is 22.6 Å². The first-order valence-corrected chi connectivity index (χ1v) is 6.38. The summed E-state index contributed by atoms with van der Waals surface area (Å²) in [5.74, 6) is -0.885. The highest BCUT2D eigenvalue weighted by Crippen LogP contribution is 2.12. The van der Waals surface area contributed by atoms with Gasteiger partial charge < -0.3 is 15.2 Å². The Morgan fingerprint density at radius 2 is 2.44 bits per heavy atom. The number of H-pyrrole nitrogens is 1. The van der Waals surface area contributed by atoms with Crippen molar-refractivity contribution in [1.82, 2.24) is 10.2 Å². The number of ether oxygens (including phenoxy) is 1. The van der Waals surface area contributed by atoms with Crippen LogP contribution in [-0.2, 0) is 9.53 Å². The van der Waals surface area contributed by atoms with E-state index in [0.29, 0.717) is 15.9 Å². The van der Waals surface area contributed by atoms with E-state index in [1.54, 1.807) is 0 Å². The number of aliphatic carboxylic acids is 1. The Morgan fingerprint density at radius 1 is 1.72 bits per heavy atom. The van der Waals surface area contributed by atoms with Gasteiger partial charge in [0.1, 0.15) is 3.57 Å². The summed E-state index contributed by atoms with van der Waals surface area (Å²) in [4.78, 5) is 21.6. The van der Waals surface area contributed by atoms with Gasteiger partial charge in [0.15, 0.2) is 0 Å². The third kappa shape index (κ3) is 5.00. The highest BCUT2D eigenvalue weighted by atomic mass is 127. The largest absolute Gasteiger partial charge is 0.481 e. The molecular weight excluding hydrogens is 353 g/mol. The summed E-state index contributed by atoms with van der Waals surface area (Å²) < 4.78 is 5.72. The van der Waals surface area contributed by atoms with Gasteiger partial charge in [0, 0.05) is 6.04 Å². The SMILES string of the molecule is C[C@H](COCCC(=O)O)Nc1cn[nH]c(=O)c1I. The van der Waals surface area contributed by atoms with E-state index in [2.05, 4.69) is 15.5 Å². The molecule has 100 valence electrons. The molecule has 0 radical (unpaired) electrons. The monoisotopic (exact) mass is 367 g/mol. The Labute approximate surface area is 117 Å². The van der Waals surface area contributed by atoms with Gasteiger partial charge in [-0.2, -0.15) is 5.10 Å². The lowest BCUT2D eigenvalue weighted by molar-refractivity contribution is -0.138. The third-order valence-electron chi connectivity index (χ3n) is 2.03. The average Bonchev–Trinajstić information content (AvgIpc) is 2.30. The molecule has 0 aromatic carbocycles. The van der Waals surface area contributed by atoms with Crippen LogP contribution in [0.25, 0.3) is 0 Å². The van der Waals surface area contributed by atoms with Crippen LogP contribution in [0.1, 0.15) is 13.3 Å². The maximum Gasteiger partial charge on any atom is 0.305 e. The number of anilines is 1. The molecule has 0 unspecified atom stereocenters. The van der Waals surface area contributed by atoms with Crippen LogP contribution in [0, 0.1) is 3.57 Å². The van der Waals surface area contributed by atoms with Gasteiger partial charge in [0.2, 0.25) is 0 Å². The molecule has 3 N–H and O–H groups in total. The van der Waals surface area contributed by atoms with Gasteiger partial charge in [-0.1, -0.05) is 0 Å². The summed E-state index contributed by atoms with van der Waals surface area (Å²) in [5.41, 5.74) is 0.383. The molecule has 0 bridgehead atoms. The molecule has 1 rings (SSSR count). The van der Waals surface area contributed by atoms with Gasteiger partial charge in [0.05, 0.1) is 31.5 Å². The molecule has 0 aliphatic heterocycles. The summed E-state index contributed by atoms with van der Waals surface area (Å²) in [6.45, 7) is 2.40. The minimum atomic E-state index is -0.885. The summed E-state index contributed by atoms with van der Waals surface area (Å²) in [7, 11) is 0. The van der Waals surface area contributed by atoms with Crippen molar-refractivity contribution in [3.8, 4) is 0 Å². The summed E-state index contributed by atoms with van der Waals surface area (Å²) in [6, 6.07) is -0.0455. The molecule has 1 aromatic heterocycles. The lowest BCUT2D eigenvalue weighted by Gasteiger charge is -2.15. The van der Waals surface area contributed by atoms with Crippen molar-refractivity contribution in [3.05, 3.63) is 20.1 Å². The molecule has 0 saturated heterocycles. The van der Waals surface area contributed by atoms with Crippen LogP contribution in [-0.4, -0.2) is 40.5 Å². The number of hydrogen-bond donors (Lipinski definition) is 3. The molecule has 0 amide bonds. The number of nitrogens with zero attached hydrogens (tertiary/aromatic N) is 1. The highest BCUT2D eigenvalue weighted by Gasteiger charge is 2.08. The average molecular weight is 367 g/mol. The molecular formula is C10H14IN3O4. The zero-order chi connectivity index (χ0) is 13.5. The first-order chi connectivity index (χ1) is 8.50. The number of aromatic nitrogens is 2. The number of halogens is 1. The molecule has 0 saturated carbocycles. The van der Waals surface area contributed by atoms with Crippen LogP contribution in [0.4, 0.5) is 5.69 Å². The molecule has 18 heavy (non-hydrogen) atoms. The number of carboxylic acids is 1. The summed E-state index contributed by atoms with van der Waals surface area (Å²) >= 11 is 1.93. The van der Waals surface area contributed by atoms with Crippen molar-refractivity contribution in [2.75, 3.05) is 18.5 Å². The Morgan fingerprint density at radius 3 is 3.11 bits per heavy atom. The van der Waals surface area contributed by atoms with Crippen LogP contribution in [0.2, 0.25) is 0 Å². The second-order valence-electron chi connectivity index (χ2n) is 3.69. The smallest absolute Gasteiger partial charge is 0.305 e. The lowest BCUT2D eigenvalue weighted by atomic mass is 10.3. The van der Waals surface area contributed by atoms with E-state index >= 15 is 0 Å². The topological polar surface area (TPSA) is 104 Å². The van der Waals surface area contributed by atoms with Crippen LogP contribution in [0.15, 0.2) is 11.0 Å². The van der Waals surface area contributed by atoms with Crippen molar-refractivity contribution < 1.29 is 14.6 Å². The number of hydrogen-bond acceptors (Lipinski definition) is 5. The quantitative estimate of drug-likeness (QED) is 0.483. The lowest BCUT2D eigenvalue weighted by Crippen LogP contribution is -2.25. The van der Waals surface area contributed by atoms with E-state index in [9.17, 15) is 9.59 Å². The number of carboxylic acid groups (broad SMARTS) is 1. The predicted octanol–water partition coefficient (Wildman–Crippen LogP) is 0.666. The first-order valence-electron chi connectivity index (χ1n) is 5.30. The molecule has 0 aliphatic rings. The molecule has 1 heterocycles. The molecule has 0 fully saturated rings. The summed E-state index contributed by atoms with van der Waals surface area (Å²) in [6.07, 6.45) is 1.51. The predicted molar refractivity (Wildman–Crippen MR) is 73.7 cm³/mol. The van der Waals surface area contributed by atoms with Gasteiger partial charge >= 0.3 is 5.97 Å². The van der Waals surface area contributed by atoms with Gasteiger partial charge in [-0.15, -0.1) is 0 Å². The van der Waals surface area contributed by atoms with Gasteiger partial charge in [-0.25, -0.2) is 5.10 Å². The van der Waals surface area contributed by atoms with Gasteiger partial charge in [0.25, 0.3) is 5.56 Å². The minimum Gasteiger partial charge on any atom is -0.481 e. The molecule has 1 atom stereocenters. The second-order valence-corrected chi connectivity index (χ2v) is 4.77. The Bertz CT molecular complexity index is 463. The number of aromatic amines is 1. The van der Waals surface area contributed by atoms with Crippen molar-refractivity contribution in [2.24, 2.45) is 0 Å². The minimum absolute atomic E-state index is 0.0170. The van der Waals surface area contributed by atoms with Crippen molar-refractivity contribution in [3.63, 3.8) is 0 Å². The fourth-order valence-corrected chi connectivity index (χ4v) is 1.63. The number of nitrogens with one attached hydrogen (secondary N) is 2. The fourth-order valence-electron chi connectivity index (χ4n) is 1.21. The molecule has 0 aliphatic carbocycles. The van der Waals surface area contributed by atoms with E-state index < -0.39 is 5.97 Å². The third-order valence-corrected chi connectivity index (χ3v) is 3.10. The molecule has 0 spiro atoms. The van der Waals surface area contributed by atoms with Crippen molar-refractivity contribution >= 4 is 34.2 Å². The maximum absolute atomic E-state index is 11.3. The zero-order valence-electron chi connectivity index (χ0n) is 9.77. The molecule has 7 nitrogen and oxygen atoms in total. The number of rotatable bonds is 7. The van der Waals surface area contributed by atoms with Crippen LogP contribution in [0.3, 0.4) is 0 Å². The highest BCUT2D eigenvalue weighted by molar-refractivity contribution is 14.1. The van der Waals surface area contributed by atoms with Gasteiger partial charge in [-0.05, 0) is 29.5 Å². The van der Waals surface area contributed by atoms with Crippen LogP contribution in [0.5, 0.6) is 0 Å². The van der Waals surface area contributed by atoms with E-state index in [1.165, 1.54) is 6.20 Å². The van der Waals surface area contributed by atoms with Crippen molar-refractivity contribution in [1.29, 1.82) is 0 Å². The normalized spacial score (nSPS) is 12.1. The first kappa shape index (κ1) is 14.9. The Balaban J connectivity index is 2.40. The molecule has 8 heteroatoms. The van der Waals surface area contributed by atoms with Gasteiger partial charge in [-0.3, -0.25) is 9.59 Å². The van der Waals surface area contributed by atoms with E-state index in [-0.39, 0.29) is 24.6 Å². The number of carbonyl (C=O) groups is 1. The van der Waals surface area contributed by atoms with Crippen LogP contribution < -0.4 is 10.9 Å². The summed E-state index contributed by atoms with van der Waals surface area (Å²) in [5, 5.41) is 17.5. The van der Waals surface area contributed by atoms with E-state index in [0.717, 1.165) is 0 Å². The standard InChI is InChI=1S/C10H14IN3O4/c1-6(5-18-3-2-8(15)16)13-7-4-12-14-10(17)9(7)11/h4,6H,2-3,5H2,1H3,(H,15,16)(H2,13,14,17)/t6-/m1/s1. The Hall–Kier alpha value is -1.16. The zero-order valence-corrected chi connectivity index (χ0v) is 11.9. The second kappa shape index (κ2) is 7.31. The molecule has 1 aromatic rings. The van der Waals surface area contributed by atoms with E-state index in [1.807, 2.05) is 29.5 Å². The Kier molecular flexibility index (Phi) is 6.05. The van der Waals surface area contributed by atoms with Crippen molar-refractivity contribution in [2.45, 2.75) is 19.4 Å². The fraction of sp³-hybridized carbons (Fsp3) is 0.500. The maximum atomic E-state index is 11.3.